The van der Waals surface area contributed by atoms with Crippen LogP contribution in [-0.2, 0) is 6.54 Å². The lowest BCUT2D eigenvalue weighted by Gasteiger charge is -2.33. The summed E-state index contributed by atoms with van der Waals surface area (Å²) >= 11 is 0. The number of aryl methyl sites for hydroxylation is 2. The number of carbonyl (C=O) groups is 1. The van der Waals surface area contributed by atoms with Gasteiger partial charge in [-0.05, 0) is 26.0 Å². The number of para-hydroxylation sites is 1. The molecular formula is C14H16N4O2. The van der Waals surface area contributed by atoms with Crippen molar-refractivity contribution in [2.75, 3.05) is 5.32 Å². The lowest BCUT2D eigenvalue weighted by molar-refractivity contribution is -0.0852. The molecule has 20 heavy (non-hydrogen) atoms. The summed E-state index contributed by atoms with van der Waals surface area (Å²) in [5.41, 5.74) is 2.76. The monoisotopic (exact) mass is 272 g/mol. The van der Waals surface area contributed by atoms with Gasteiger partial charge in [-0.1, -0.05) is 12.1 Å². The minimum absolute atomic E-state index is 0.409. The second-order valence-corrected chi connectivity index (χ2v) is 4.77. The second kappa shape index (κ2) is 4.64. The molecule has 1 aliphatic heterocycles. The number of benzene rings is 1. The third-order valence-electron chi connectivity index (χ3n) is 3.51. The van der Waals surface area contributed by atoms with Crippen LogP contribution in [0.5, 0.6) is 0 Å². The fourth-order valence-electron chi connectivity index (χ4n) is 2.42. The summed E-state index contributed by atoms with van der Waals surface area (Å²) in [6.07, 6.45) is 1.23. The van der Waals surface area contributed by atoms with Crippen LogP contribution >= 0.6 is 0 Å². The first-order valence-corrected chi connectivity index (χ1v) is 6.53. The Morgan fingerprint density at radius 2 is 2.15 bits per heavy atom. The fraction of sp³-hybridized carbons (Fsp3) is 0.286. The van der Waals surface area contributed by atoms with Crippen LogP contribution in [0, 0.1) is 6.92 Å². The lowest BCUT2D eigenvalue weighted by Crippen LogP contribution is -2.40. The fourth-order valence-corrected chi connectivity index (χ4v) is 2.42. The summed E-state index contributed by atoms with van der Waals surface area (Å²) in [5, 5.41) is 18.4. The zero-order chi connectivity index (χ0) is 14.3. The molecule has 1 atom stereocenters. The first-order valence-electron chi connectivity index (χ1n) is 6.53. The van der Waals surface area contributed by atoms with Gasteiger partial charge in [0.15, 0.2) is 6.17 Å². The van der Waals surface area contributed by atoms with E-state index < -0.39 is 12.1 Å². The Morgan fingerprint density at radius 3 is 2.85 bits per heavy atom. The van der Waals surface area contributed by atoms with E-state index in [-0.39, 0.29) is 0 Å². The normalized spacial score (nSPS) is 17.9. The largest absolute Gasteiger partial charge is 0.359 e. The molecule has 0 radical (unpaired) electrons. The topological polar surface area (TPSA) is 70.4 Å². The van der Waals surface area contributed by atoms with Gasteiger partial charge in [-0.3, -0.25) is 14.7 Å². The van der Waals surface area contributed by atoms with E-state index in [4.69, 9.17) is 0 Å². The van der Waals surface area contributed by atoms with Crippen LogP contribution in [0.1, 0.15) is 34.7 Å². The first kappa shape index (κ1) is 12.7. The Balaban J connectivity index is 2.03. The highest BCUT2D eigenvalue weighted by Gasteiger charge is 2.33. The average Bonchev–Trinajstić information content (AvgIpc) is 2.84. The number of aromatic nitrogens is 2. The Bertz CT molecular complexity index is 665. The Morgan fingerprint density at radius 1 is 1.40 bits per heavy atom. The maximum Gasteiger partial charge on any atom is 0.281 e. The molecule has 0 saturated carbocycles. The molecule has 6 nitrogen and oxygen atoms in total. The smallest absolute Gasteiger partial charge is 0.281 e. The molecule has 0 fully saturated rings. The molecule has 6 heteroatoms. The highest BCUT2D eigenvalue weighted by molar-refractivity contribution is 6.01. The molecule has 1 amide bonds. The standard InChI is InChI=1S/C14H16N4O2/c1-3-17-8-11(9(2)16-17)13-15-12-7-5-4-6-10(12)14(19)18(13)20/h4-8,13,15,20H,3H2,1-2H3/t13-/m0/s1. The van der Waals surface area contributed by atoms with E-state index in [1.54, 1.807) is 16.8 Å². The van der Waals surface area contributed by atoms with E-state index in [9.17, 15) is 10.0 Å². The molecular weight excluding hydrogens is 256 g/mol. The second-order valence-electron chi connectivity index (χ2n) is 4.77. The van der Waals surface area contributed by atoms with Crippen LogP contribution in [0.25, 0.3) is 0 Å². The molecule has 1 aromatic heterocycles. The van der Waals surface area contributed by atoms with Gasteiger partial charge in [-0.15, -0.1) is 0 Å². The van der Waals surface area contributed by atoms with Gasteiger partial charge in [0.25, 0.3) is 5.91 Å². The predicted molar refractivity (Wildman–Crippen MR) is 73.4 cm³/mol. The number of hydroxylamine groups is 2. The van der Waals surface area contributed by atoms with Gasteiger partial charge in [0.05, 0.1) is 11.3 Å². The Kier molecular flexibility index (Phi) is 2.94. The van der Waals surface area contributed by atoms with Gasteiger partial charge < -0.3 is 5.32 Å². The summed E-state index contributed by atoms with van der Waals surface area (Å²) in [5.74, 6) is -0.409. The third-order valence-corrected chi connectivity index (χ3v) is 3.51. The molecule has 1 aliphatic rings. The summed E-state index contributed by atoms with van der Waals surface area (Å²) in [4.78, 5) is 12.2. The number of hydrogen-bond acceptors (Lipinski definition) is 4. The number of nitrogens with zero attached hydrogens (tertiary/aromatic N) is 3. The van der Waals surface area contributed by atoms with Gasteiger partial charge in [0, 0.05) is 24.0 Å². The number of rotatable bonds is 2. The quantitative estimate of drug-likeness (QED) is 0.822. The van der Waals surface area contributed by atoms with Crippen LogP contribution in [-0.4, -0.2) is 26.0 Å². The van der Waals surface area contributed by atoms with Crippen molar-refractivity contribution in [2.24, 2.45) is 0 Å². The number of amides is 1. The molecule has 0 bridgehead atoms. The minimum Gasteiger partial charge on any atom is -0.359 e. The molecule has 2 aromatic rings. The van der Waals surface area contributed by atoms with E-state index >= 15 is 0 Å². The number of anilines is 1. The Hall–Kier alpha value is -2.34. The van der Waals surface area contributed by atoms with Crippen LogP contribution in [0.15, 0.2) is 30.5 Å². The average molecular weight is 272 g/mol. The van der Waals surface area contributed by atoms with Gasteiger partial charge in [-0.2, -0.15) is 10.2 Å². The van der Waals surface area contributed by atoms with E-state index in [1.807, 2.05) is 32.2 Å². The van der Waals surface area contributed by atoms with Crippen molar-refractivity contribution < 1.29 is 10.0 Å². The predicted octanol–water partition coefficient (Wildman–Crippen LogP) is 2.17. The maximum atomic E-state index is 12.2. The number of hydrogen-bond donors (Lipinski definition) is 2. The van der Waals surface area contributed by atoms with Crippen molar-refractivity contribution in [3.8, 4) is 0 Å². The van der Waals surface area contributed by atoms with E-state index in [1.165, 1.54) is 0 Å². The van der Waals surface area contributed by atoms with Crippen molar-refractivity contribution in [3.05, 3.63) is 47.3 Å². The lowest BCUT2D eigenvalue weighted by atomic mass is 10.1. The number of carbonyl (C=O) groups excluding carboxylic acids is 1. The van der Waals surface area contributed by atoms with Gasteiger partial charge in [0.1, 0.15) is 0 Å². The molecule has 0 aliphatic carbocycles. The van der Waals surface area contributed by atoms with Gasteiger partial charge in [0.2, 0.25) is 0 Å². The maximum absolute atomic E-state index is 12.2. The number of fused-ring (bicyclic) bond motifs is 1. The number of nitrogens with one attached hydrogen (secondary N) is 1. The molecule has 1 aromatic carbocycles. The zero-order valence-corrected chi connectivity index (χ0v) is 11.4. The molecule has 2 heterocycles. The zero-order valence-electron chi connectivity index (χ0n) is 11.4. The van der Waals surface area contributed by atoms with Crippen LogP contribution in [0.3, 0.4) is 0 Å². The van der Waals surface area contributed by atoms with Crippen molar-refractivity contribution in [3.63, 3.8) is 0 Å². The van der Waals surface area contributed by atoms with Crippen LogP contribution in [0.2, 0.25) is 0 Å². The van der Waals surface area contributed by atoms with Crippen LogP contribution < -0.4 is 5.32 Å². The van der Waals surface area contributed by atoms with E-state index in [0.29, 0.717) is 5.56 Å². The van der Waals surface area contributed by atoms with Crippen LogP contribution in [0.4, 0.5) is 5.69 Å². The molecule has 3 rings (SSSR count). The molecule has 104 valence electrons. The van der Waals surface area contributed by atoms with Crippen molar-refractivity contribution in [1.82, 2.24) is 14.8 Å². The molecule has 0 saturated heterocycles. The third kappa shape index (κ3) is 1.85. The summed E-state index contributed by atoms with van der Waals surface area (Å²) in [6.45, 7) is 4.59. The van der Waals surface area contributed by atoms with Crippen molar-refractivity contribution in [1.29, 1.82) is 0 Å². The summed E-state index contributed by atoms with van der Waals surface area (Å²) in [7, 11) is 0. The molecule has 0 spiro atoms. The van der Waals surface area contributed by atoms with Crippen molar-refractivity contribution in [2.45, 2.75) is 26.6 Å². The highest BCUT2D eigenvalue weighted by Crippen LogP contribution is 2.32. The summed E-state index contributed by atoms with van der Waals surface area (Å²) in [6, 6.07) is 7.14. The van der Waals surface area contributed by atoms with E-state index in [0.717, 1.165) is 28.6 Å². The van der Waals surface area contributed by atoms with Gasteiger partial charge in [-0.25, -0.2) is 0 Å². The van der Waals surface area contributed by atoms with Crippen molar-refractivity contribution >= 4 is 11.6 Å². The minimum atomic E-state index is -0.613. The first-order chi connectivity index (χ1) is 9.61. The van der Waals surface area contributed by atoms with E-state index in [2.05, 4.69) is 10.4 Å². The Labute approximate surface area is 116 Å². The summed E-state index contributed by atoms with van der Waals surface area (Å²) < 4.78 is 1.78. The SMILES string of the molecule is CCn1cc([C@H]2Nc3ccccc3C(=O)N2O)c(C)n1. The highest BCUT2D eigenvalue weighted by atomic mass is 16.5. The van der Waals surface area contributed by atoms with Gasteiger partial charge >= 0.3 is 0 Å². The molecule has 0 unspecified atom stereocenters. The molecule has 2 N–H and O–H groups in total.